The average molecular weight is 414 g/mol. The molecule has 2 heterocycles. The Hall–Kier alpha value is -2.38. The molecule has 0 radical (unpaired) electrons. The van der Waals surface area contributed by atoms with Crippen LogP contribution in [0.3, 0.4) is 0 Å². The quantitative estimate of drug-likeness (QED) is 0.698. The Morgan fingerprint density at radius 2 is 1.83 bits per heavy atom. The van der Waals surface area contributed by atoms with Gasteiger partial charge >= 0.3 is 6.03 Å². The smallest absolute Gasteiger partial charge is 0.315 e. The molecule has 1 saturated heterocycles. The molecule has 0 spiro atoms. The van der Waals surface area contributed by atoms with Crippen molar-refractivity contribution in [3.05, 3.63) is 47.3 Å². The number of nitrogens with zero attached hydrogens (tertiary/aromatic N) is 3. The van der Waals surface area contributed by atoms with Crippen molar-refractivity contribution in [1.82, 2.24) is 25.3 Å². The molecule has 1 aromatic heterocycles. The SMILES string of the molecule is Cc1nn(-c2ccccc2)c(C)c1CNC(=O)NC[C@@H](CC(C)C)N1CCOCC1. The average Bonchev–Trinajstić information content (AvgIpc) is 3.04. The Balaban J connectivity index is 1.55. The molecule has 3 rings (SSSR count). The van der Waals surface area contributed by atoms with Crippen molar-refractivity contribution in [3.63, 3.8) is 0 Å². The van der Waals surface area contributed by atoms with Crippen LogP contribution < -0.4 is 10.6 Å². The molecule has 1 aliphatic heterocycles. The van der Waals surface area contributed by atoms with Crippen molar-refractivity contribution in [3.8, 4) is 5.69 Å². The van der Waals surface area contributed by atoms with Crippen LogP contribution in [-0.4, -0.2) is 59.6 Å². The molecule has 2 amide bonds. The highest BCUT2D eigenvalue weighted by molar-refractivity contribution is 5.73. The molecule has 0 unspecified atom stereocenters. The van der Waals surface area contributed by atoms with Crippen LogP contribution in [0.4, 0.5) is 4.79 Å². The Morgan fingerprint density at radius 3 is 2.50 bits per heavy atom. The van der Waals surface area contributed by atoms with Crippen LogP contribution in [0.15, 0.2) is 30.3 Å². The second kappa shape index (κ2) is 10.6. The summed E-state index contributed by atoms with van der Waals surface area (Å²) in [5.74, 6) is 0.580. The van der Waals surface area contributed by atoms with Gasteiger partial charge in [0.25, 0.3) is 0 Å². The largest absolute Gasteiger partial charge is 0.379 e. The van der Waals surface area contributed by atoms with E-state index in [4.69, 9.17) is 4.74 Å². The van der Waals surface area contributed by atoms with E-state index in [9.17, 15) is 4.79 Å². The number of morpholine rings is 1. The number of rotatable bonds is 8. The number of hydrogen-bond acceptors (Lipinski definition) is 4. The lowest BCUT2D eigenvalue weighted by Crippen LogP contribution is -2.50. The van der Waals surface area contributed by atoms with Gasteiger partial charge in [0.15, 0.2) is 0 Å². The first kappa shape index (κ1) is 22.3. The first-order chi connectivity index (χ1) is 14.5. The van der Waals surface area contributed by atoms with Gasteiger partial charge in [-0.15, -0.1) is 0 Å². The number of nitrogens with one attached hydrogen (secondary N) is 2. The molecule has 1 aliphatic rings. The van der Waals surface area contributed by atoms with E-state index in [-0.39, 0.29) is 6.03 Å². The van der Waals surface area contributed by atoms with Gasteiger partial charge in [-0.3, -0.25) is 4.90 Å². The maximum Gasteiger partial charge on any atom is 0.315 e. The predicted octanol–water partition coefficient (Wildman–Crippen LogP) is 3.04. The van der Waals surface area contributed by atoms with Crippen LogP contribution in [0.2, 0.25) is 0 Å². The first-order valence-corrected chi connectivity index (χ1v) is 10.9. The highest BCUT2D eigenvalue weighted by Crippen LogP contribution is 2.17. The van der Waals surface area contributed by atoms with Crippen LogP contribution in [0.5, 0.6) is 0 Å². The van der Waals surface area contributed by atoms with E-state index in [2.05, 4.69) is 34.5 Å². The summed E-state index contributed by atoms with van der Waals surface area (Å²) < 4.78 is 7.41. The number of carbonyl (C=O) groups excluding carboxylic acids is 1. The van der Waals surface area contributed by atoms with Gasteiger partial charge in [-0.1, -0.05) is 32.0 Å². The van der Waals surface area contributed by atoms with Gasteiger partial charge in [0.1, 0.15) is 0 Å². The fraction of sp³-hybridized carbons (Fsp3) is 0.565. The fourth-order valence-corrected chi connectivity index (χ4v) is 4.04. The van der Waals surface area contributed by atoms with E-state index in [1.807, 2.05) is 48.9 Å². The van der Waals surface area contributed by atoms with Crippen molar-refractivity contribution in [2.45, 2.75) is 46.7 Å². The highest BCUT2D eigenvalue weighted by Gasteiger charge is 2.22. The highest BCUT2D eigenvalue weighted by atomic mass is 16.5. The molecular weight excluding hydrogens is 378 g/mol. The van der Waals surface area contributed by atoms with Crippen LogP contribution in [0.25, 0.3) is 5.69 Å². The minimum absolute atomic E-state index is 0.136. The summed E-state index contributed by atoms with van der Waals surface area (Å²) in [6.45, 7) is 13.0. The predicted molar refractivity (Wildman–Crippen MR) is 119 cm³/mol. The summed E-state index contributed by atoms with van der Waals surface area (Å²) in [4.78, 5) is 14.9. The van der Waals surface area contributed by atoms with Crippen molar-refractivity contribution in [2.75, 3.05) is 32.8 Å². The lowest BCUT2D eigenvalue weighted by Gasteiger charge is -2.35. The van der Waals surface area contributed by atoms with E-state index in [1.54, 1.807) is 0 Å². The number of carbonyl (C=O) groups is 1. The molecule has 1 fully saturated rings. The van der Waals surface area contributed by atoms with Crippen molar-refractivity contribution in [2.24, 2.45) is 5.92 Å². The molecule has 30 heavy (non-hydrogen) atoms. The van der Waals surface area contributed by atoms with Gasteiger partial charge in [0.05, 0.1) is 24.6 Å². The first-order valence-electron chi connectivity index (χ1n) is 10.9. The van der Waals surface area contributed by atoms with Gasteiger partial charge < -0.3 is 15.4 Å². The monoisotopic (exact) mass is 413 g/mol. The zero-order valence-corrected chi connectivity index (χ0v) is 18.6. The van der Waals surface area contributed by atoms with Crippen LogP contribution in [0.1, 0.15) is 37.2 Å². The number of para-hydroxylation sites is 1. The third-order valence-electron chi connectivity index (χ3n) is 5.67. The van der Waals surface area contributed by atoms with Crippen LogP contribution >= 0.6 is 0 Å². The molecule has 2 aromatic rings. The second-order valence-corrected chi connectivity index (χ2v) is 8.39. The Kier molecular flexibility index (Phi) is 7.87. The molecule has 164 valence electrons. The van der Waals surface area contributed by atoms with Crippen LogP contribution in [0, 0.1) is 19.8 Å². The molecule has 7 heteroatoms. The number of benzene rings is 1. The molecule has 0 saturated carbocycles. The minimum atomic E-state index is -0.136. The third-order valence-corrected chi connectivity index (χ3v) is 5.67. The normalized spacial score (nSPS) is 15.9. The van der Waals surface area contributed by atoms with E-state index in [0.717, 1.165) is 55.4 Å². The van der Waals surface area contributed by atoms with E-state index in [1.165, 1.54) is 0 Å². The summed E-state index contributed by atoms with van der Waals surface area (Å²) in [5.41, 5.74) is 4.06. The Morgan fingerprint density at radius 1 is 1.13 bits per heavy atom. The Bertz CT molecular complexity index is 813. The molecular formula is C23H35N5O2. The minimum Gasteiger partial charge on any atom is -0.379 e. The molecule has 2 N–H and O–H groups in total. The van der Waals surface area contributed by atoms with Crippen LogP contribution in [-0.2, 0) is 11.3 Å². The van der Waals surface area contributed by atoms with E-state index in [0.29, 0.717) is 25.0 Å². The number of ether oxygens (including phenoxy) is 1. The van der Waals surface area contributed by atoms with E-state index >= 15 is 0 Å². The number of aryl methyl sites for hydroxylation is 1. The summed E-state index contributed by atoms with van der Waals surface area (Å²) >= 11 is 0. The van der Waals surface area contributed by atoms with Gasteiger partial charge in [-0.05, 0) is 38.3 Å². The fourth-order valence-electron chi connectivity index (χ4n) is 4.04. The molecule has 1 aromatic carbocycles. The molecule has 7 nitrogen and oxygen atoms in total. The van der Waals surface area contributed by atoms with Gasteiger partial charge in [-0.2, -0.15) is 5.10 Å². The van der Waals surface area contributed by atoms with Gasteiger partial charge in [0.2, 0.25) is 0 Å². The van der Waals surface area contributed by atoms with E-state index < -0.39 is 0 Å². The number of amides is 2. The molecule has 0 aliphatic carbocycles. The zero-order chi connectivity index (χ0) is 21.5. The Labute approximate surface area is 179 Å². The topological polar surface area (TPSA) is 71.4 Å². The zero-order valence-electron chi connectivity index (χ0n) is 18.6. The summed E-state index contributed by atoms with van der Waals surface area (Å²) in [6, 6.07) is 10.3. The lowest BCUT2D eigenvalue weighted by molar-refractivity contribution is 0.0129. The maximum absolute atomic E-state index is 12.5. The number of hydrogen-bond donors (Lipinski definition) is 2. The summed E-state index contributed by atoms with van der Waals surface area (Å²) in [5, 5.41) is 10.7. The van der Waals surface area contributed by atoms with Gasteiger partial charge in [0, 0.05) is 43.5 Å². The van der Waals surface area contributed by atoms with Crippen molar-refractivity contribution >= 4 is 6.03 Å². The van der Waals surface area contributed by atoms with Crippen molar-refractivity contribution < 1.29 is 9.53 Å². The van der Waals surface area contributed by atoms with Crippen molar-refractivity contribution in [1.29, 1.82) is 0 Å². The summed E-state index contributed by atoms with van der Waals surface area (Å²) in [7, 11) is 0. The molecule has 0 bridgehead atoms. The molecule has 1 atom stereocenters. The lowest BCUT2D eigenvalue weighted by atomic mass is 10.0. The number of aromatic nitrogens is 2. The summed E-state index contributed by atoms with van der Waals surface area (Å²) in [6.07, 6.45) is 1.06. The number of urea groups is 1. The van der Waals surface area contributed by atoms with Gasteiger partial charge in [-0.25, -0.2) is 9.48 Å². The second-order valence-electron chi connectivity index (χ2n) is 8.39. The maximum atomic E-state index is 12.5. The third kappa shape index (κ3) is 5.83. The standard InChI is InChI=1S/C23H35N5O2/c1-17(2)14-21(27-10-12-30-13-11-27)15-24-23(29)25-16-22-18(3)26-28(19(22)4)20-8-6-5-7-9-20/h5-9,17,21H,10-16H2,1-4H3,(H2,24,25,29)/t21-/m1/s1.